The largest absolute Gasteiger partial charge is 0.486 e. The molecule has 1 aliphatic heterocycles. The van der Waals surface area contributed by atoms with Crippen LogP contribution in [0.25, 0.3) is 10.8 Å². The van der Waals surface area contributed by atoms with Crippen LogP contribution in [0.3, 0.4) is 0 Å². The van der Waals surface area contributed by atoms with Gasteiger partial charge >= 0.3 is 0 Å². The Kier molecular flexibility index (Phi) is 3.79. The monoisotopic (exact) mass is 319 g/mol. The quantitative estimate of drug-likeness (QED) is 0.741. The van der Waals surface area contributed by atoms with E-state index in [1.165, 1.54) is 0 Å². The highest BCUT2D eigenvalue weighted by atomic mass is 16.6. The fourth-order valence-electron chi connectivity index (χ4n) is 2.87. The molecule has 3 aromatic rings. The van der Waals surface area contributed by atoms with Crippen LogP contribution in [0.4, 0.5) is 5.69 Å². The Morgan fingerprint density at radius 1 is 0.917 bits per heavy atom. The topological polar surface area (TPSA) is 47.6 Å². The van der Waals surface area contributed by atoms with Gasteiger partial charge in [0.2, 0.25) is 0 Å². The molecule has 0 fully saturated rings. The van der Waals surface area contributed by atoms with Crippen LogP contribution < -0.4 is 14.8 Å². The van der Waals surface area contributed by atoms with Crippen LogP contribution >= 0.6 is 0 Å². The molecular weight excluding hydrogens is 302 g/mol. The van der Waals surface area contributed by atoms with Crippen molar-refractivity contribution in [2.45, 2.75) is 0 Å². The number of ether oxygens (including phenoxy) is 2. The highest BCUT2D eigenvalue weighted by Crippen LogP contribution is 2.31. The fourth-order valence-corrected chi connectivity index (χ4v) is 2.87. The van der Waals surface area contributed by atoms with E-state index in [1.807, 2.05) is 30.3 Å². The molecule has 0 amide bonds. The van der Waals surface area contributed by atoms with Crippen molar-refractivity contribution in [1.29, 1.82) is 0 Å². The van der Waals surface area contributed by atoms with E-state index in [0.29, 0.717) is 30.3 Å². The molecule has 120 valence electrons. The summed E-state index contributed by atoms with van der Waals surface area (Å²) >= 11 is 0. The Hall–Kier alpha value is -3.01. The number of Topliss-reactive ketones (excluding diaryl/α,β-unsaturated/α-hetero) is 1. The van der Waals surface area contributed by atoms with E-state index >= 15 is 0 Å². The maximum Gasteiger partial charge on any atom is 0.181 e. The van der Waals surface area contributed by atoms with Gasteiger partial charge in [-0.1, -0.05) is 36.4 Å². The maximum absolute atomic E-state index is 12.5. The van der Waals surface area contributed by atoms with E-state index in [-0.39, 0.29) is 12.3 Å². The summed E-state index contributed by atoms with van der Waals surface area (Å²) in [6.45, 7) is 1.29. The van der Waals surface area contributed by atoms with Crippen LogP contribution in [-0.4, -0.2) is 25.5 Å². The highest BCUT2D eigenvalue weighted by molar-refractivity contribution is 6.01. The van der Waals surface area contributed by atoms with Crippen LogP contribution in [0.15, 0.2) is 60.7 Å². The van der Waals surface area contributed by atoms with Gasteiger partial charge in [0.25, 0.3) is 0 Å². The van der Waals surface area contributed by atoms with Gasteiger partial charge in [-0.25, -0.2) is 0 Å². The number of carbonyl (C=O) groups is 1. The average molecular weight is 319 g/mol. The molecule has 1 aliphatic rings. The Morgan fingerprint density at radius 2 is 1.71 bits per heavy atom. The van der Waals surface area contributed by atoms with Crippen molar-refractivity contribution < 1.29 is 14.3 Å². The van der Waals surface area contributed by atoms with Crippen molar-refractivity contribution in [1.82, 2.24) is 0 Å². The summed E-state index contributed by atoms with van der Waals surface area (Å²) < 4.78 is 11.0. The lowest BCUT2D eigenvalue weighted by Gasteiger charge is -2.18. The minimum absolute atomic E-state index is 0.0138. The second-order valence-electron chi connectivity index (χ2n) is 5.66. The average Bonchev–Trinajstić information content (AvgIpc) is 2.65. The van der Waals surface area contributed by atoms with Crippen molar-refractivity contribution >= 4 is 22.2 Å². The smallest absolute Gasteiger partial charge is 0.181 e. The summed E-state index contributed by atoms with van der Waals surface area (Å²) in [5.74, 6) is 1.34. The van der Waals surface area contributed by atoms with Crippen LogP contribution in [-0.2, 0) is 0 Å². The van der Waals surface area contributed by atoms with E-state index < -0.39 is 0 Å². The Morgan fingerprint density at radius 3 is 2.62 bits per heavy atom. The molecule has 24 heavy (non-hydrogen) atoms. The minimum atomic E-state index is 0.0138. The van der Waals surface area contributed by atoms with Gasteiger partial charge < -0.3 is 14.8 Å². The zero-order chi connectivity index (χ0) is 16.4. The molecule has 1 N–H and O–H groups in total. The molecule has 4 rings (SSSR count). The molecule has 3 aromatic carbocycles. The summed E-state index contributed by atoms with van der Waals surface area (Å²) in [6, 6.07) is 19.5. The summed E-state index contributed by atoms with van der Waals surface area (Å²) in [6.07, 6.45) is 0. The van der Waals surface area contributed by atoms with Crippen LogP contribution in [0.5, 0.6) is 11.5 Å². The Bertz CT molecular complexity index is 899. The summed E-state index contributed by atoms with van der Waals surface area (Å²) in [4.78, 5) is 12.5. The normalized spacial score (nSPS) is 12.8. The third kappa shape index (κ3) is 2.78. The van der Waals surface area contributed by atoms with Gasteiger partial charge in [-0.2, -0.15) is 0 Å². The Balaban J connectivity index is 1.52. The van der Waals surface area contributed by atoms with Gasteiger partial charge in [0.1, 0.15) is 13.2 Å². The molecule has 4 nitrogen and oxygen atoms in total. The van der Waals surface area contributed by atoms with Gasteiger partial charge in [-0.05, 0) is 29.7 Å². The summed E-state index contributed by atoms with van der Waals surface area (Å²) in [5, 5.41) is 5.50. The number of fused-ring (bicyclic) bond motifs is 2. The summed E-state index contributed by atoms with van der Waals surface area (Å²) in [5.41, 5.74) is 1.57. The predicted octanol–water partition coefficient (Wildman–Crippen LogP) is 3.91. The summed E-state index contributed by atoms with van der Waals surface area (Å²) in [7, 11) is 0. The van der Waals surface area contributed by atoms with Crippen molar-refractivity contribution in [3.63, 3.8) is 0 Å². The SMILES string of the molecule is O=C(CNc1cccc2ccccc12)c1ccc2c(c1)OCCO2. The molecule has 0 spiro atoms. The highest BCUT2D eigenvalue weighted by Gasteiger charge is 2.15. The van der Waals surface area contributed by atoms with Crippen LogP contribution in [0.1, 0.15) is 10.4 Å². The number of nitrogens with one attached hydrogen (secondary N) is 1. The van der Waals surface area contributed by atoms with Gasteiger partial charge in [0.05, 0.1) is 6.54 Å². The van der Waals surface area contributed by atoms with E-state index in [4.69, 9.17) is 9.47 Å². The number of rotatable bonds is 4. The standard InChI is InChI=1S/C20H17NO3/c22-18(15-8-9-19-20(12-15)24-11-10-23-19)13-21-17-7-3-5-14-4-1-2-6-16(14)17/h1-9,12,21H,10-11,13H2. The van der Waals surface area contributed by atoms with Gasteiger partial charge in [-0.3, -0.25) is 4.79 Å². The second-order valence-corrected chi connectivity index (χ2v) is 5.66. The first-order valence-electron chi connectivity index (χ1n) is 7.96. The van der Waals surface area contributed by atoms with E-state index in [2.05, 4.69) is 17.4 Å². The molecule has 1 heterocycles. The number of ketones is 1. The van der Waals surface area contributed by atoms with E-state index in [0.717, 1.165) is 16.5 Å². The molecule has 0 bridgehead atoms. The van der Waals surface area contributed by atoms with Crippen molar-refractivity contribution in [2.75, 3.05) is 25.1 Å². The molecular formula is C20H17NO3. The molecule has 0 radical (unpaired) electrons. The first kappa shape index (κ1) is 14.6. The lowest BCUT2D eigenvalue weighted by molar-refractivity contribution is 0.100. The predicted molar refractivity (Wildman–Crippen MR) is 94.2 cm³/mol. The number of benzene rings is 3. The first-order chi connectivity index (χ1) is 11.8. The third-order valence-electron chi connectivity index (χ3n) is 4.09. The zero-order valence-electron chi connectivity index (χ0n) is 13.1. The fraction of sp³-hybridized carbons (Fsp3) is 0.150. The molecule has 0 atom stereocenters. The van der Waals surface area contributed by atoms with Crippen LogP contribution in [0, 0.1) is 0 Å². The van der Waals surface area contributed by atoms with E-state index in [9.17, 15) is 4.79 Å². The van der Waals surface area contributed by atoms with Crippen LogP contribution in [0.2, 0.25) is 0 Å². The lowest BCUT2D eigenvalue weighted by atomic mass is 10.1. The van der Waals surface area contributed by atoms with Crippen molar-refractivity contribution in [3.05, 3.63) is 66.2 Å². The lowest BCUT2D eigenvalue weighted by Crippen LogP contribution is -2.17. The van der Waals surface area contributed by atoms with Gasteiger partial charge in [0, 0.05) is 16.6 Å². The van der Waals surface area contributed by atoms with Gasteiger partial charge in [0.15, 0.2) is 17.3 Å². The second kappa shape index (κ2) is 6.24. The molecule has 0 unspecified atom stereocenters. The van der Waals surface area contributed by atoms with Crippen molar-refractivity contribution in [2.24, 2.45) is 0 Å². The molecule has 0 saturated heterocycles. The zero-order valence-corrected chi connectivity index (χ0v) is 13.1. The van der Waals surface area contributed by atoms with E-state index in [1.54, 1.807) is 18.2 Å². The first-order valence-corrected chi connectivity index (χ1v) is 7.96. The number of hydrogen-bond acceptors (Lipinski definition) is 4. The van der Waals surface area contributed by atoms with Crippen molar-refractivity contribution in [3.8, 4) is 11.5 Å². The molecule has 4 heteroatoms. The molecule has 0 aromatic heterocycles. The Labute approximate surface area is 140 Å². The minimum Gasteiger partial charge on any atom is -0.486 e. The van der Waals surface area contributed by atoms with Gasteiger partial charge in [-0.15, -0.1) is 0 Å². The molecule has 0 aliphatic carbocycles. The molecule has 0 saturated carbocycles. The number of carbonyl (C=O) groups excluding carboxylic acids is 1. The number of anilines is 1. The maximum atomic E-state index is 12.5. The third-order valence-corrected chi connectivity index (χ3v) is 4.09. The number of hydrogen-bond donors (Lipinski definition) is 1.